The number of hydrogen-bond acceptors (Lipinski definition) is 3. The lowest BCUT2D eigenvalue weighted by atomic mass is 10.1. The molecule has 1 aromatic rings. The number of halogens is 1. The zero-order valence-corrected chi connectivity index (χ0v) is 11.4. The summed E-state index contributed by atoms with van der Waals surface area (Å²) in [5, 5.41) is 9.23. The van der Waals surface area contributed by atoms with Crippen LogP contribution in [0, 0.1) is 11.3 Å². The van der Waals surface area contributed by atoms with Crippen molar-refractivity contribution in [3.63, 3.8) is 0 Å². The molecule has 4 nitrogen and oxygen atoms in total. The topological polar surface area (TPSA) is 70.0 Å². The summed E-state index contributed by atoms with van der Waals surface area (Å²) in [4.78, 5) is -0.0562. The number of nitrogens with one attached hydrogen (secondary N) is 1. The smallest absolute Gasteiger partial charge is 0.207 e. The van der Waals surface area contributed by atoms with Crippen LogP contribution < -0.4 is 4.72 Å². The first-order valence-electron chi connectivity index (χ1n) is 4.89. The lowest BCUT2D eigenvalue weighted by Gasteiger charge is -2.20. The maximum absolute atomic E-state index is 12.0. The van der Waals surface area contributed by atoms with E-state index in [2.05, 4.69) is 4.72 Å². The molecule has 17 heavy (non-hydrogen) atoms. The van der Waals surface area contributed by atoms with E-state index in [1.54, 1.807) is 20.8 Å². The van der Waals surface area contributed by atoms with E-state index in [1.807, 2.05) is 6.07 Å². The molecule has 0 radical (unpaired) electrons. The van der Waals surface area contributed by atoms with Gasteiger partial charge in [-0.25, -0.2) is 13.1 Å². The van der Waals surface area contributed by atoms with Crippen LogP contribution in [0.15, 0.2) is 23.1 Å². The van der Waals surface area contributed by atoms with Gasteiger partial charge in [-0.1, -0.05) is 11.6 Å². The number of nitrogens with zero attached hydrogens (tertiary/aromatic N) is 1. The third-order valence-electron chi connectivity index (χ3n) is 1.79. The summed E-state index contributed by atoms with van der Waals surface area (Å²) in [6.45, 7) is 5.19. The molecule has 1 rings (SSSR count). The highest BCUT2D eigenvalue weighted by Crippen LogP contribution is 2.21. The van der Waals surface area contributed by atoms with Gasteiger partial charge in [0.25, 0.3) is 0 Å². The van der Waals surface area contributed by atoms with Crippen molar-refractivity contribution >= 4 is 21.6 Å². The summed E-state index contributed by atoms with van der Waals surface area (Å²) < 4.78 is 26.6. The van der Waals surface area contributed by atoms with Crippen molar-refractivity contribution in [2.45, 2.75) is 31.2 Å². The number of sulfonamides is 1. The van der Waals surface area contributed by atoms with E-state index in [0.29, 0.717) is 5.02 Å². The SMILES string of the molecule is CC(C)(C)NS(=O)(=O)c1ccc(Cl)cc1C#N. The second kappa shape index (κ2) is 4.65. The van der Waals surface area contributed by atoms with Crippen LogP contribution in [0.4, 0.5) is 0 Å². The molecule has 0 saturated carbocycles. The van der Waals surface area contributed by atoms with Gasteiger partial charge >= 0.3 is 0 Å². The molecule has 0 saturated heterocycles. The third kappa shape index (κ3) is 3.70. The average molecular weight is 273 g/mol. The third-order valence-corrected chi connectivity index (χ3v) is 3.84. The van der Waals surface area contributed by atoms with Crippen LogP contribution in [0.1, 0.15) is 26.3 Å². The minimum absolute atomic E-state index is 0.0363. The van der Waals surface area contributed by atoms with Crippen LogP contribution in [0.2, 0.25) is 5.02 Å². The van der Waals surface area contributed by atoms with Crippen LogP contribution in [-0.4, -0.2) is 14.0 Å². The highest BCUT2D eigenvalue weighted by Gasteiger charge is 2.24. The highest BCUT2D eigenvalue weighted by atomic mass is 35.5. The standard InChI is InChI=1S/C11H13ClN2O2S/c1-11(2,3)14-17(15,16)10-5-4-9(12)6-8(10)7-13/h4-6,14H,1-3H3. The Morgan fingerprint density at radius 3 is 2.41 bits per heavy atom. The molecule has 6 heteroatoms. The van der Waals surface area contributed by atoms with Gasteiger partial charge in [0.05, 0.1) is 10.5 Å². The van der Waals surface area contributed by atoms with Gasteiger partial charge in [-0.05, 0) is 39.0 Å². The highest BCUT2D eigenvalue weighted by molar-refractivity contribution is 7.89. The van der Waals surface area contributed by atoms with Crippen molar-refractivity contribution in [1.82, 2.24) is 4.72 Å². The number of hydrogen-bond donors (Lipinski definition) is 1. The maximum Gasteiger partial charge on any atom is 0.242 e. The van der Waals surface area contributed by atoms with Gasteiger partial charge in [0.2, 0.25) is 10.0 Å². The van der Waals surface area contributed by atoms with Crippen LogP contribution in [-0.2, 0) is 10.0 Å². The summed E-state index contributed by atoms with van der Waals surface area (Å²) in [5.41, 5.74) is -0.570. The van der Waals surface area contributed by atoms with E-state index in [-0.39, 0.29) is 10.5 Å². The number of benzene rings is 1. The molecule has 0 spiro atoms. The van der Waals surface area contributed by atoms with Crippen molar-refractivity contribution in [3.05, 3.63) is 28.8 Å². The number of rotatable bonds is 2. The Kier molecular flexibility index (Phi) is 3.82. The second-order valence-corrected chi connectivity index (χ2v) is 6.70. The molecule has 0 atom stereocenters. The first-order valence-corrected chi connectivity index (χ1v) is 6.75. The van der Waals surface area contributed by atoms with Crippen molar-refractivity contribution in [2.75, 3.05) is 0 Å². The fourth-order valence-corrected chi connectivity index (χ4v) is 3.01. The summed E-state index contributed by atoms with van der Waals surface area (Å²) in [6, 6.07) is 5.93. The predicted molar refractivity (Wildman–Crippen MR) is 66.2 cm³/mol. The Morgan fingerprint density at radius 1 is 1.35 bits per heavy atom. The van der Waals surface area contributed by atoms with Crippen LogP contribution in [0.5, 0.6) is 0 Å². The number of nitriles is 1. The van der Waals surface area contributed by atoms with Crippen LogP contribution in [0.25, 0.3) is 0 Å². The molecule has 0 aliphatic rings. The van der Waals surface area contributed by atoms with Crippen LogP contribution >= 0.6 is 11.6 Å². The Morgan fingerprint density at radius 2 is 1.94 bits per heavy atom. The van der Waals surface area contributed by atoms with E-state index in [9.17, 15) is 8.42 Å². The molecule has 0 bridgehead atoms. The van der Waals surface area contributed by atoms with Gasteiger partial charge < -0.3 is 0 Å². The lowest BCUT2D eigenvalue weighted by molar-refractivity contribution is 0.491. The quantitative estimate of drug-likeness (QED) is 0.898. The molecule has 92 valence electrons. The maximum atomic E-state index is 12.0. The molecule has 0 unspecified atom stereocenters. The molecule has 0 aromatic heterocycles. The molecular formula is C11H13ClN2O2S. The zero-order chi connectivity index (χ0) is 13.3. The first-order chi connectivity index (χ1) is 7.65. The Labute approximate surface area is 106 Å². The van der Waals surface area contributed by atoms with Gasteiger partial charge in [0.15, 0.2) is 0 Å². The summed E-state index contributed by atoms with van der Waals surface area (Å²) >= 11 is 5.71. The minimum Gasteiger partial charge on any atom is -0.207 e. The largest absolute Gasteiger partial charge is 0.242 e. The zero-order valence-electron chi connectivity index (χ0n) is 9.78. The van der Waals surface area contributed by atoms with Crippen LogP contribution in [0.3, 0.4) is 0 Å². The second-order valence-electron chi connectivity index (χ2n) is 4.61. The Bertz CT molecular complexity index is 568. The van der Waals surface area contributed by atoms with Gasteiger partial charge in [0, 0.05) is 10.6 Å². The van der Waals surface area contributed by atoms with Gasteiger partial charge in [-0.2, -0.15) is 5.26 Å². The van der Waals surface area contributed by atoms with Crippen molar-refractivity contribution in [1.29, 1.82) is 5.26 Å². The molecule has 0 amide bonds. The van der Waals surface area contributed by atoms with Crippen molar-refractivity contribution in [2.24, 2.45) is 0 Å². The van der Waals surface area contributed by atoms with E-state index in [0.717, 1.165) is 0 Å². The first kappa shape index (κ1) is 14.0. The van der Waals surface area contributed by atoms with Gasteiger partial charge in [0.1, 0.15) is 6.07 Å². The van der Waals surface area contributed by atoms with Gasteiger partial charge in [-0.15, -0.1) is 0 Å². The lowest BCUT2D eigenvalue weighted by Crippen LogP contribution is -2.40. The monoisotopic (exact) mass is 272 g/mol. The normalized spacial score (nSPS) is 12.2. The Balaban J connectivity index is 3.31. The average Bonchev–Trinajstić information content (AvgIpc) is 2.13. The fraction of sp³-hybridized carbons (Fsp3) is 0.364. The molecular weight excluding hydrogens is 260 g/mol. The van der Waals surface area contributed by atoms with E-state index >= 15 is 0 Å². The van der Waals surface area contributed by atoms with Gasteiger partial charge in [-0.3, -0.25) is 0 Å². The summed E-state index contributed by atoms with van der Waals surface area (Å²) in [6.07, 6.45) is 0. The van der Waals surface area contributed by atoms with E-state index in [4.69, 9.17) is 16.9 Å². The fourth-order valence-electron chi connectivity index (χ4n) is 1.28. The molecule has 0 fully saturated rings. The minimum atomic E-state index is -3.71. The Hall–Kier alpha value is -1.09. The molecule has 0 heterocycles. The van der Waals surface area contributed by atoms with E-state index < -0.39 is 15.6 Å². The molecule has 1 N–H and O–H groups in total. The molecule has 1 aromatic carbocycles. The predicted octanol–water partition coefficient (Wildman–Crippen LogP) is 2.29. The molecule has 0 aliphatic carbocycles. The van der Waals surface area contributed by atoms with E-state index in [1.165, 1.54) is 18.2 Å². The summed E-state index contributed by atoms with van der Waals surface area (Å²) in [5.74, 6) is 0. The summed E-state index contributed by atoms with van der Waals surface area (Å²) in [7, 11) is -3.71. The molecule has 0 aliphatic heterocycles. The van der Waals surface area contributed by atoms with Crippen molar-refractivity contribution < 1.29 is 8.42 Å². The van der Waals surface area contributed by atoms with Crippen molar-refractivity contribution in [3.8, 4) is 6.07 Å².